The molecule has 0 aliphatic heterocycles. The van der Waals surface area contributed by atoms with Crippen molar-refractivity contribution in [2.24, 2.45) is 9.98 Å². The van der Waals surface area contributed by atoms with Crippen LogP contribution in [0.4, 0.5) is 0 Å². The first-order valence-corrected chi connectivity index (χ1v) is 6.40. The Hall–Kier alpha value is -1.90. The summed E-state index contributed by atoms with van der Waals surface area (Å²) in [5, 5.41) is 4.67. The predicted octanol–water partition coefficient (Wildman–Crippen LogP) is 3.81. The molecule has 0 bridgehead atoms. The fourth-order valence-corrected chi connectivity index (χ4v) is 1.97. The van der Waals surface area contributed by atoms with E-state index in [4.69, 9.17) is 4.74 Å². The van der Waals surface area contributed by atoms with Crippen molar-refractivity contribution >= 4 is 34.8 Å². The predicted molar refractivity (Wildman–Crippen MR) is 81.7 cm³/mol. The molecule has 94 valence electrons. The van der Waals surface area contributed by atoms with Crippen molar-refractivity contribution in [3.05, 3.63) is 54.3 Å². The second-order valence-electron chi connectivity index (χ2n) is 3.84. The number of para-hydroxylation sites is 1. The van der Waals surface area contributed by atoms with Crippen LogP contribution in [0.3, 0.4) is 0 Å². The number of allylic oxidation sites excluding steroid dienone is 1. The van der Waals surface area contributed by atoms with Crippen molar-refractivity contribution in [2.45, 2.75) is 12.1 Å². The molecule has 0 atom stereocenters. The summed E-state index contributed by atoms with van der Waals surface area (Å²) in [5.74, 6) is 1.52. The molecule has 0 amide bonds. The van der Waals surface area contributed by atoms with E-state index in [2.05, 4.69) is 44.7 Å². The first kappa shape index (κ1) is 13.5. The van der Waals surface area contributed by atoms with Crippen molar-refractivity contribution in [3.63, 3.8) is 0 Å². The first-order chi connectivity index (χ1) is 9.28. The molecule has 0 saturated heterocycles. The highest BCUT2D eigenvalue weighted by Gasteiger charge is 2.26. The number of hydrogen-bond acceptors (Lipinski definition) is 5. The van der Waals surface area contributed by atoms with Crippen molar-refractivity contribution in [1.82, 2.24) is 0 Å². The number of isothiocyanates is 2. The van der Waals surface area contributed by atoms with Crippen molar-refractivity contribution < 1.29 is 4.74 Å². The molecule has 1 aromatic rings. The molecule has 0 saturated carbocycles. The van der Waals surface area contributed by atoms with Crippen LogP contribution in [-0.2, 0) is 0 Å². The third-order valence-corrected chi connectivity index (χ3v) is 2.76. The molecular weight excluding hydrogens is 276 g/mol. The normalized spacial score (nSPS) is 20.7. The SMILES string of the molecule is S=C=NC1(N=C=S)C=CC(Oc2ccccc2)=CC1. The average Bonchev–Trinajstić information content (AvgIpc) is 2.43. The van der Waals surface area contributed by atoms with Crippen LogP contribution < -0.4 is 4.74 Å². The zero-order chi connectivity index (χ0) is 13.6. The highest BCUT2D eigenvalue weighted by Crippen LogP contribution is 2.27. The Morgan fingerprint density at radius 3 is 2.32 bits per heavy atom. The maximum absolute atomic E-state index is 5.70. The van der Waals surface area contributed by atoms with Gasteiger partial charge in [0.25, 0.3) is 0 Å². The molecule has 0 unspecified atom stereocenters. The molecular formula is C14H10N2OS2. The Morgan fingerprint density at radius 2 is 1.79 bits per heavy atom. The molecule has 1 aliphatic rings. The highest BCUT2D eigenvalue weighted by atomic mass is 32.1. The Balaban J connectivity index is 2.14. The second kappa shape index (κ2) is 6.32. The molecule has 0 aromatic heterocycles. The second-order valence-corrected chi connectivity index (χ2v) is 4.21. The van der Waals surface area contributed by atoms with Gasteiger partial charge in [0.15, 0.2) is 5.66 Å². The van der Waals surface area contributed by atoms with Gasteiger partial charge in [-0.1, -0.05) is 18.2 Å². The van der Waals surface area contributed by atoms with E-state index in [1.165, 1.54) is 0 Å². The van der Waals surface area contributed by atoms with Crippen LogP contribution >= 0.6 is 24.4 Å². The van der Waals surface area contributed by atoms with Crippen LogP contribution in [0.5, 0.6) is 5.75 Å². The minimum atomic E-state index is -0.812. The lowest BCUT2D eigenvalue weighted by Gasteiger charge is -2.21. The molecule has 3 nitrogen and oxygen atoms in total. The van der Waals surface area contributed by atoms with Gasteiger partial charge in [-0.25, -0.2) is 0 Å². The van der Waals surface area contributed by atoms with Gasteiger partial charge in [0.2, 0.25) is 0 Å². The van der Waals surface area contributed by atoms with E-state index in [0.29, 0.717) is 6.42 Å². The third-order valence-electron chi connectivity index (χ3n) is 2.58. The van der Waals surface area contributed by atoms with Gasteiger partial charge in [0, 0.05) is 6.42 Å². The molecule has 19 heavy (non-hydrogen) atoms. The lowest BCUT2D eigenvalue weighted by Crippen LogP contribution is -2.22. The van der Waals surface area contributed by atoms with E-state index >= 15 is 0 Å². The minimum absolute atomic E-state index is 0.513. The van der Waals surface area contributed by atoms with Crippen LogP contribution in [0.2, 0.25) is 0 Å². The number of rotatable bonds is 4. The van der Waals surface area contributed by atoms with E-state index < -0.39 is 5.66 Å². The van der Waals surface area contributed by atoms with Crippen LogP contribution in [0.25, 0.3) is 0 Å². The molecule has 1 aromatic carbocycles. The van der Waals surface area contributed by atoms with Crippen LogP contribution in [-0.4, -0.2) is 16.0 Å². The van der Waals surface area contributed by atoms with E-state index in [1.807, 2.05) is 36.4 Å². The molecule has 0 radical (unpaired) electrons. The number of nitrogens with zero attached hydrogens (tertiary/aromatic N) is 2. The summed E-state index contributed by atoms with van der Waals surface area (Å²) in [7, 11) is 0. The van der Waals surface area contributed by atoms with Gasteiger partial charge in [-0.15, -0.1) is 0 Å². The minimum Gasteiger partial charge on any atom is -0.458 e. The Labute approximate surface area is 122 Å². The number of thiocarbonyl (C=S) groups is 2. The third kappa shape index (κ3) is 3.53. The summed E-state index contributed by atoms with van der Waals surface area (Å²) in [6.07, 6.45) is 5.98. The molecule has 0 fully saturated rings. The van der Waals surface area contributed by atoms with E-state index in [9.17, 15) is 0 Å². The van der Waals surface area contributed by atoms with Gasteiger partial charge < -0.3 is 4.74 Å². The fraction of sp³-hybridized carbons (Fsp3) is 0.143. The van der Waals surface area contributed by atoms with Gasteiger partial charge in [0.1, 0.15) is 11.5 Å². The van der Waals surface area contributed by atoms with E-state index in [0.717, 1.165) is 11.5 Å². The largest absolute Gasteiger partial charge is 0.458 e. The summed E-state index contributed by atoms with van der Waals surface area (Å²) in [6, 6.07) is 9.55. The summed E-state index contributed by atoms with van der Waals surface area (Å²) in [6.45, 7) is 0. The van der Waals surface area contributed by atoms with Gasteiger partial charge in [-0.05, 0) is 54.8 Å². The van der Waals surface area contributed by atoms with Gasteiger partial charge in [-0.3, -0.25) is 0 Å². The summed E-state index contributed by atoms with van der Waals surface area (Å²) >= 11 is 9.26. The fourth-order valence-electron chi connectivity index (χ4n) is 1.65. The van der Waals surface area contributed by atoms with Crippen molar-refractivity contribution in [1.29, 1.82) is 0 Å². The molecule has 5 heteroatoms. The van der Waals surface area contributed by atoms with Gasteiger partial charge in [0.05, 0.1) is 10.3 Å². The average molecular weight is 286 g/mol. The number of ether oxygens (including phenoxy) is 1. The zero-order valence-corrected chi connectivity index (χ0v) is 11.6. The van der Waals surface area contributed by atoms with Crippen molar-refractivity contribution in [2.75, 3.05) is 0 Å². The topological polar surface area (TPSA) is 34.0 Å². The van der Waals surface area contributed by atoms with Crippen LogP contribution in [0.15, 0.2) is 64.3 Å². The first-order valence-electron chi connectivity index (χ1n) is 5.58. The molecule has 1 aliphatic carbocycles. The Kier molecular flexibility index (Phi) is 4.50. The Morgan fingerprint density at radius 1 is 1.11 bits per heavy atom. The number of hydrogen-bond donors (Lipinski definition) is 0. The molecule has 0 spiro atoms. The van der Waals surface area contributed by atoms with Gasteiger partial charge >= 0.3 is 0 Å². The monoisotopic (exact) mass is 286 g/mol. The molecule has 0 heterocycles. The molecule has 0 N–H and O–H groups in total. The summed E-state index contributed by atoms with van der Waals surface area (Å²) < 4.78 is 5.70. The van der Waals surface area contributed by atoms with Crippen LogP contribution in [0.1, 0.15) is 6.42 Å². The molecule has 2 rings (SSSR count). The maximum Gasteiger partial charge on any atom is 0.192 e. The lowest BCUT2D eigenvalue weighted by atomic mass is 10.0. The smallest absolute Gasteiger partial charge is 0.192 e. The van der Waals surface area contributed by atoms with Gasteiger partial charge in [-0.2, -0.15) is 9.98 Å². The summed E-state index contributed by atoms with van der Waals surface area (Å²) in [4.78, 5) is 8.06. The van der Waals surface area contributed by atoms with Crippen molar-refractivity contribution in [3.8, 4) is 5.75 Å². The van der Waals surface area contributed by atoms with Crippen LogP contribution in [0, 0.1) is 0 Å². The Bertz CT molecular complexity index is 592. The maximum atomic E-state index is 5.70. The van der Waals surface area contributed by atoms with E-state index in [1.54, 1.807) is 12.2 Å². The number of aliphatic imine (C=N–C) groups is 2. The number of benzene rings is 1. The quantitative estimate of drug-likeness (QED) is 0.623. The highest BCUT2D eigenvalue weighted by molar-refractivity contribution is 7.78. The lowest BCUT2D eigenvalue weighted by molar-refractivity contribution is 0.428. The zero-order valence-electron chi connectivity index (χ0n) is 9.95. The standard InChI is InChI=1S/C14H10N2OS2/c18-10-15-14(16-11-19)8-6-13(7-9-14)17-12-4-2-1-3-5-12/h1-8H,9H2. The summed E-state index contributed by atoms with van der Waals surface area (Å²) in [5.41, 5.74) is -0.812. The van der Waals surface area contributed by atoms with E-state index in [-0.39, 0.29) is 0 Å².